The fourth-order valence-electron chi connectivity index (χ4n) is 3.09. The molecule has 1 amide bonds. The summed E-state index contributed by atoms with van der Waals surface area (Å²) in [6.07, 6.45) is 3.25. The zero-order chi connectivity index (χ0) is 21.0. The van der Waals surface area contributed by atoms with Gasteiger partial charge in [0.25, 0.3) is 5.91 Å². The number of likely N-dealkylation sites (tertiary alicyclic amines) is 1. The van der Waals surface area contributed by atoms with Crippen molar-refractivity contribution in [3.05, 3.63) is 53.1 Å². The Kier molecular flexibility index (Phi) is 6.66. The van der Waals surface area contributed by atoms with Crippen molar-refractivity contribution in [1.82, 2.24) is 4.90 Å². The van der Waals surface area contributed by atoms with Crippen LogP contribution in [0.25, 0.3) is 0 Å². The van der Waals surface area contributed by atoms with Crippen molar-refractivity contribution in [3.8, 4) is 5.75 Å². The molecule has 2 N–H and O–H groups in total. The minimum atomic E-state index is -3.42. The van der Waals surface area contributed by atoms with Crippen LogP contribution in [-0.2, 0) is 10.0 Å². The van der Waals surface area contributed by atoms with Crippen LogP contribution in [-0.4, -0.2) is 51.7 Å². The molecular formula is C20H24ClN3O4S. The van der Waals surface area contributed by atoms with Gasteiger partial charge in [0.05, 0.1) is 16.8 Å². The number of halogens is 1. The summed E-state index contributed by atoms with van der Waals surface area (Å²) in [5.41, 5.74) is 1.15. The van der Waals surface area contributed by atoms with Gasteiger partial charge in [0, 0.05) is 24.5 Å². The van der Waals surface area contributed by atoms with Crippen LogP contribution in [0.2, 0.25) is 5.02 Å². The van der Waals surface area contributed by atoms with Gasteiger partial charge in [0.1, 0.15) is 11.9 Å². The number of nitrogens with zero attached hydrogens (tertiary/aromatic N) is 1. The Bertz CT molecular complexity index is 972. The maximum absolute atomic E-state index is 12.5. The molecule has 156 valence electrons. The quantitative estimate of drug-likeness (QED) is 0.722. The van der Waals surface area contributed by atoms with E-state index in [1.165, 1.54) is 18.2 Å². The van der Waals surface area contributed by atoms with E-state index in [1.807, 2.05) is 12.1 Å². The number of hydrogen-bond donors (Lipinski definition) is 2. The number of benzene rings is 2. The van der Waals surface area contributed by atoms with Gasteiger partial charge in [-0.2, -0.15) is 0 Å². The molecule has 1 heterocycles. The molecule has 9 heteroatoms. The van der Waals surface area contributed by atoms with Crippen LogP contribution in [0.15, 0.2) is 42.5 Å². The van der Waals surface area contributed by atoms with E-state index in [4.69, 9.17) is 16.3 Å². The van der Waals surface area contributed by atoms with Crippen LogP contribution < -0.4 is 14.8 Å². The van der Waals surface area contributed by atoms with E-state index < -0.39 is 10.0 Å². The standard InChI is InChI=1S/C20H24ClN3O4S/c1-24-11-9-17(10-12-24)28-16-6-3-14(4-7-16)22-20(25)18-8-5-15(13-19(18)21)23-29(2,26)27/h3-8,13,17,23H,9-12H2,1-2H3,(H,22,25). The van der Waals surface area contributed by atoms with Crippen LogP contribution in [0, 0.1) is 0 Å². The molecule has 1 aliphatic rings. The summed E-state index contributed by atoms with van der Waals surface area (Å²) in [6.45, 7) is 2.05. The summed E-state index contributed by atoms with van der Waals surface area (Å²) < 4.78 is 30.9. The summed E-state index contributed by atoms with van der Waals surface area (Å²) in [5, 5.41) is 2.93. The lowest BCUT2D eigenvalue weighted by atomic mass is 10.1. The largest absolute Gasteiger partial charge is 0.490 e. The topological polar surface area (TPSA) is 87.7 Å². The minimum Gasteiger partial charge on any atom is -0.490 e. The second-order valence-electron chi connectivity index (χ2n) is 7.17. The zero-order valence-electron chi connectivity index (χ0n) is 16.3. The lowest BCUT2D eigenvalue weighted by Crippen LogP contribution is -2.35. The summed E-state index contributed by atoms with van der Waals surface area (Å²) >= 11 is 6.14. The number of rotatable bonds is 6. The second kappa shape index (κ2) is 9.02. The van der Waals surface area contributed by atoms with Gasteiger partial charge in [-0.3, -0.25) is 9.52 Å². The molecule has 2 aromatic carbocycles. The van der Waals surface area contributed by atoms with Gasteiger partial charge in [-0.25, -0.2) is 8.42 Å². The molecule has 0 atom stereocenters. The Morgan fingerprint density at radius 3 is 2.31 bits per heavy atom. The van der Waals surface area contributed by atoms with E-state index in [2.05, 4.69) is 22.0 Å². The minimum absolute atomic E-state index is 0.151. The number of carbonyl (C=O) groups excluding carboxylic acids is 1. The number of piperidine rings is 1. The molecule has 3 rings (SSSR count). The van der Waals surface area contributed by atoms with E-state index >= 15 is 0 Å². The number of nitrogens with one attached hydrogen (secondary N) is 2. The van der Waals surface area contributed by atoms with Crippen molar-refractivity contribution in [2.75, 3.05) is 36.4 Å². The molecule has 0 bridgehead atoms. The molecule has 7 nitrogen and oxygen atoms in total. The van der Waals surface area contributed by atoms with E-state index in [-0.39, 0.29) is 22.6 Å². The number of hydrogen-bond acceptors (Lipinski definition) is 5. The van der Waals surface area contributed by atoms with Crippen molar-refractivity contribution in [2.45, 2.75) is 18.9 Å². The van der Waals surface area contributed by atoms with Crippen molar-refractivity contribution < 1.29 is 17.9 Å². The molecule has 0 radical (unpaired) electrons. The normalized spacial score (nSPS) is 15.7. The molecule has 0 spiro atoms. The maximum Gasteiger partial charge on any atom is 0.257 e. The number of ether oxygens (including phenoxy) is 1. The second-order valence-corrected chi connectivity index (χ2v) is 9.32. The summed E-state index contributed by atoms with van der Waals surface area (Å²) in [4.78, 5) is 14.8. The lowest BCUT2D eigenvalue weighted by molar-refractivity contribution is 0.102. The van der Waals surface area contributed by atoms with Crippen LogP contribution in [0.3, 0.4) is 0 Å². The highest BCUT2D eigenvalue weighted by Gasteiger charge is 2.18. The average molecular weight is 438 g/mol. The Morgan fingerprint density at radius 2 is 1.72 bits per heavy atom. The highest BCUT2D eigenvalue weighted by atomic mass is 35.5. The summed E-state index contributed by atoms with van der Waals surface area (Å²) in [6, 6.07) is 11.6. The van der Waals surface area contributed by atoms with Gasteiger partial charge < -0.3 is 15.0 Å². The summed E-state index contributed by atoms with van der Waals surface area (Å²) in [7, 11) is -1.31. The summed E-state index contributed by atoms with van der Waals surface area (Å²) in [5.74, 6) is 0.386. The van der Waals surface area contributed by atoms with Crippen molar-refractivity contribution in [2.24, 2.45) is 0 Å². The Labute approximate surface area is 176 Å². The average Bonchev–Trinajstić information content (AvgIpc) is 2.64. The van der Waals surface area contributed by atoms with Crippen molar-refractivity contribution >= 4 is 38.9 Å². The predicted molar refractivity (Wildman–Crippen MR) is 115 cm³/mol. The molecule has 0 saturated carbocycles. The monoisotopic (exact) mass is 437 g/mol. The van der Waals surface area contributed by atoms with Crippen molar-refractivity contribution in [3.63, 3.8) is 0 Å². The third kappa shape index (κ3) is 6.35. The molecule has 2 aromatic rings. The number of amides is 1. The van der Waals surface area contributed by atoms with Crippen LogP contribution in [0.5, 0.6) is 5.75 Å². The molecular weight excluding hydrogens is 414 g/mol. The fourth-order valence-corrected chi connectivity index (χ4v) is 3.91. The fraction of sp³-hybridized carbons (Fsp3) is 0.350. The van der Waals surface area contributed by atoms with Gasteiger partial charge in [-0.1, -0.05) is 11.6 Å². The molecule has 1 aliphatic heterocycles. The SMILES string of the molecule is CN1CCC(Oc2ccc(NC(=O)c3ccc(NS(C)(=O)=O)cc3Cl)cc2)CC1. The number of sulfonamides is 1. The molecule has 29 heavy (non-hydrogen) atoms. The molecule has 1 fully saturated rings. The number of carbonyl (C=O) groups is 1. The molecule has 0 unspecified atom stereocenters. The zero-order valence-corrected chi connectivity index (χ0v) is 17.9. The first kappa shape index (κ1) is 21.4. The van der Waals surface area contributed by atoms with Crippen molar-refractivity contribution in [1.29, 1.82) is 0 Å². The highest BCUT2D eigenvalue weighted by Crippen LogP contribution is 2.24. The van der Waals surface area contributed by atoms with E-state index in [0.717, 1.165) is 37.9 Å². The maximum atomic E-state index is 12.5. The smallest absolute Gasteiger partial charge is 0.257 e. The van der Waals surface area contributed by atoms with E-state index in [9.17, 15) is 13.2 Å². The number of anilines is 2. The first-order valence-electron chi connectivity index (χ1n) is 9.23. The third-order valence-electron chi connectivity index (χ3n) is 4.60. The van der Waals surface area contributed by atoms with E-state index in [0.29, 0.717) is 11.4 Å². The van der Waals surface area contributed by atoms with Gasteiger partial charge in [-0.15, -0.1) is 0 Å². The molecule has 0 aliphatic carbocycles. The van der Waals surface area contributed by atoms with Gasteiger partial charge >= 0.3 is 0 Å². The van der Waals surface area contributed by atoms with Crippen LogP contribution in [0.4, 0.5) is 11.4 Å². The lowest BCUT2D eigenvalue weighted by Gasteiger charge is -2.29. The Hall–Kier alpha value is -2.29. The van der Waals surface area contributed by atoms with Gasteiger partial charge in [0.15, 0.2) is 0 Å². The predicted octanol–water partition coefficient (Wildman–Crippen LogP) is 3.44. The first-order valence-corrected chi connectivity index (χ1v) is 11.5. The Morgan fingerprint density at radius 1 is 1.10 bits per heavy atom. The Balaban J connectivity index is 1.60. The van der Waals surface area contributed by atoms with Crippen LogP contribution in [0.1, 0.15) is 23.2 Å². The molecule has 0 aromatic heterocycles. The van der Waals surface area contributed by atoms with Crippen LogP contribution >= 0.6 is 11.6 Å². The highest BCUT2D eigenvalue weighted by molar-refractivity contribution is 7.92. The van der Waals surface area contributed by atoms with Gasteiger partial charge in [-0.05, 0) is 62.4 Å². The van der Waals surface area contributed by atoms with E-state index in [1.54, 1.807) is 12.1 Å². The first-order chi connectivity index (χ1) is 13.7. The third-order valence-corrected chi connectivity index (χ3v) is 5.52. The molecule has 1 saturated heterocycles. The van der Waals surface area contributed by atoms with Gasteiger partial charge in [0.2, 0.25) is 10.0 Å².